The van der Waals surface area contributed by atoms with Crippen LogP contribution in [0.3, 0.4) is 0 Å². The van der Waals surface area contributed by atoms with Gasteiger partial charge in [-0.15, -0.1) is 0 Å². The van der Waals surface area contributed by atoms with Crippen molar-refractivity contribution in [3.63, 3.8) is 0 Å². The molecule has 2 aromatic carbocycles. The number of aromatic nitrogens is 2. The van der Waals surface area contributed by atoms with Gasteiger partial charge in [-0.05, 0) is 11.6 Å². The molecule has 1 aliphatic heterocycles. The third-order valence-corrected chi connectivity index (χ3v) is 4.28. The fourth-order valence-corrected chi connectivity index (χ4v) is 2.90. The molecule has 1 aromatic heterocycles. The molecular formula is C20H15N3O5. The van der Waals surface area contributed by atoms with E-state index in [-0.39, 0.29) is 18.9 Å². The van der Waals surface area contributed by atoms with Crippen molar-refractivity contribution in [3.05, 3.63) is 71.6 Å². The third kappa shape index (κ3) is 3.52. The van der Waals surface area contributed by atoms with Gasteiger partial charge in [0.2, 0.25) is 11.7 Å². The van der Waals surface area contributed by atoms with Crippen molar-refractivity contribution in [2.45, 2.75) is 13.0 Å². The summed E-state index contributed by atoms with van der Waals surface area (Å²) >= 11 is 0. The van der Waals surface area contributed by atoms with Crippen molar-refractivity contribution in [1.29, 1.82) is 0 Å². The quantitative estimate of drug-likeness (QED) is 0.495. The summed E-state index contributed by atoms with van der Waals surface area (Å²) in [5.41, 5.74) is 1.84. The third-order valence-electron chi connectivity index (χ3n) is 4.28. The molecule has 28 heavy (non-hydrogen) atoms. The van der Waals surface area contributed by atoms with Crippen molar-refractivity contribution in [1.82, 2.24) is 15.0 Å². The molecule has 0 saturated carbocycles. The molecule has 1 aliphatic rings. The first-order chi connectivity index (χ1) is 13.6. The zero-order valence-corrected chi connectivity index (χ0v) is 14.7. The lowest BCUT2D eigenvalue weighted by atomic mass is 9.98. The van der Waals surface area contributed by atoms with E-state index < -0.39 is 24.3 Å². The minimum Gasteiger partial charge on any atom is -0.454 e. The first-order valence-electron chi connectivity index (χ1n) is 8.58. The lowest BCUT2D eigenvalue weighted by Crippen LogP contribution is -2.45. The van der Waals surface area contributed by atoms with E-state index in [1.165, 1.54) is 0 Å². The normalized spacial score (nSPS) is 13.4. The maximum Gasteiger partial charge on any atom is 0.326 e. The number of carbonyl (C=O) groups excluding carboxylic acids is 3. The van der Waals surface area contributed by atoms with Crippen LogP contribution in [-0.2, 0) is 27.4 Å². The summed E-state index contributed by atoms with van der Waals surface area (Å²) in [6, 6.07) is 16.0. The lowest BCUT2D eigenvalue weighted by Gasteiger charge is -2.25. The Labute approximate surface area is 159 Å². The molecule has 8 nitrogen and oxygen atoms in total. The molecule has 8 heteroatoms. The molecule has 140 valence electrons. The van der Waals surface area contributed by atoms with E-state index in [9.17, 15) is 14.4 Å². The Bertz CT molecular complexity index is 1040. The summed E-state index contributed by atoms with van der Waals surface area (Å²) < 4.78 is 10.1. The average Bonchev–Trinajstić information content (AvgIpc) is 3.19. The van der Waals surface area contributed by atoms with E-state index in [1.807, 2.05) is 30.3 Å². The highest BCUT2D eigenvalue weighted by atomic mass is 16.6. The number of hydrogen-bond donors (Lipinski definition) is 0. The maximum atomic E-state index is 12.5. The molecule has 2 heterocycles. The predicted molar refractivity (Wildman–Crippen MR) is 95.7 cm³/mol. The van der Waals surface area contributed by atoms with E-state index in [2.05, 4.69) is 10.1 Å². The summed E-state index contributed by atoms with van der Waals surface area (Å²) in [5.74, 6) is -1.18. The van der Waals surface area contributed by atoms with Gasteiger partial charge < -0.3 is 9.26 Å². The van der Waals surface area contributed by atoms with Crippen molar-refractivity contribution >= 4 is 17.8 Å². The number of imide groups is 1. The number of hydrogen-bond acceptors (Lipinski definition) is 7. The van der Waals surface area contributed by atoms with E-state index >= 15 is 0 Å². The number of carbonyl (C=O) groups is 3. The number of nitrogens with zero attached hydrogens (tertiary/aromatic N) is 3. The topological polar surface area (TPSA) is 103 Å². The molecule has 0 saturated heterocycles. The summed E-state index contributed by atoms with van der Waals surface area (Å²) in [7, 11) is 0. The molecule has 4 rings (SSSR count). The fourth-order valence-electron chi connectivity index (χ4n) is 2.90. The van der Waals surface area contributed by atoms with Gasteiger partial charge in [0.1, 0.15) is 6.54 Å². The number of rotatable bonds is 5. The highest BCUT2D eigenvalue weighted by Gasteiger charge is 2.32. The van der Waals surface area contributed by atoms with E-state index in [4.69, 9.17) is 9.26 Å². The van der Waals surface area contributed by atoms with E-state index in [0.29, 0.717) is 17.0 Å². The highest BCUT2D eigenvalue weighted by molar-refractivity contribution is 6.11. The number of ether oxygens (including phenoxy) is 1. The Morgan fingerprint density at radius 1 is 1.07 bits per heavy atom. The van der Waals surface area contributed by atoms with Crippen molar-refractivity contribution in [2.75, 3.05) is 6.54 Å². The largest absolute Gasteiger partial charge is 0.454 e. The second kappa shape index (κ2) is 7.43. The first-order valence-corrected chi connectivity index (χ1v) is 8.58. The van der Waals surface area contributed by atoms with E-state index in [0.717, 1.165) is 10.5 Å². The van der Waals surface area contributed by atoms with Crippen LogP contribution in [0, 0.1) is 0 Å². The van der Waals surface area contributed by atoms with Gasteiger partial charge in [0, 0.05) is 11.1 Å². The minimum absolute atomic E-state index is 0.0687. The maximum absolute atomic E-state index is 12.5. The monoisotopic (exact) mass is 377 g/mol. The van der Waals surface area contributed by atoms with Gasteiger partial charge in [0.25, 0.3) is 11.8 Å². The van der Waals surface area contributed by atoms with Gasteiger partial charge in [0.15, 0.2) is 6.61 Å². The zero-order valence-electron chi connectivity index (χ0n) is 14.7. The van der Waals surface area contributed by atoms with Crippen LogP contribution in [0.15, 0.2) is 59.1 Å². The summed E-state index contributed by atoms with van der Waals surface area (Å²) in [5, 5.41) is 3.83. The Morgan fingerprint density at radius 3 is 2.64 bits per heavy atom. The van der Waals surface area contributed by atoms with Gasteiger partial charge in [-0.25, -0.2) is 0 Å². The molecule has 0 spiro atoms. The van der Waals surface area contributed by atoms with Crippen LogP contribution in [0.25, 0.3) is 11.4 Å². The van der Waals surface area contributed by atoms with Gasteiger partial charge in [-0.2, -0.15) is 4.98 Å². The summed E-state index contributed by atoms with van der Waals surface area (Å²) in [4.78, 5) is 41.8. The smallest absolute Gasteiger partial charge is 0.326 e. The second-order valence-electron chi connectivity index (χ2n) is 6.16. The van der Waals surface area contributed by atoms with E-state index in [1.54, 1.807) is 24.3 Å². The van der Waals surface area contributed by atoms with Gasteiger partial charge in [-0.3, -0.25) is 19.3 Å². The molecule has 0 radical (unpaired) electrons. The Hall–Kier alpha value is -3.81. The SMILES string of the molecule is O=C(CN1C(=O)Cc2ccccc2C1=O)OCc1nc(-c2ccccc2)no1. The Morgan fingerprint density at radius 2 is 1.82 bits per heavy atom. The standard InChI is InChI=1S/C20H15N3O5/c24-17-10-14-8-4-5-9-15(14)20(26)23(17)11-18(25)27-12-16-21-19(22-28-16)13-6-2-1-3-7-13/h1-9H,10-12H2. The zero-order chi connectivity index (χ0) is 19.5. The van der Waals surface area contributed by atoms with Crippen molar-refractivity contribution < 1.29 is 23.6 Å². The second-order valence-corrected chi connectivity index (χ2v) is 6.16. The Balaban J connectivity index is 1.37. The molecule has 2 amide bonds. The summed E-state index contributed by atoms with van der Waals surface area (Å²) in [6.45, 7) is -0.711. The van der Waals surface area contributed by atoms with Crippen LogP contribution in [-0.4, -0.2) is 39.4 Å². The molecule has 0 N–H and O–H groups in total. The molecule has 0 bridgehead atoms. The molecule has 0 atom stereocenters. The first kappa shape index (κ1) is 17.6. The highest BCUT2D eigenvalue weighted by Crippen LogP contribution is 2.20. The van der Waals surface area contributed by atoms with Crippen LogP contribution in [0.1, 0.15) is 21.8 Å². The van der Waals surface area contributed by atoms with Crippen LogP contribution in [0.4, 0.5) is 0 Å². The van der Waals surface area contributed by atoms with Gasteiger partial charge in [0.05, 0.1) is 6.42 Å². The van der Waals surface area contributed by atoms with Gasteiger partial charge in [-0.1, -0.05) is 53.7 Å². The average molecular weight is 377 g/mol. The van der Waals surface area contributed by atoms with Crippen LogP contribution < -0.4 is 0 Å². The van der Waals surface area contributed by atoms with Crippen LogP contribution in [0.5, 0.6) is 0 Å². The molecule has 3 aromatic rings. The number of fused-ring (bicyclic) bond motifs is 1. The van der Waals surface area contributed by atoms with Crippen molar-refractivity contribution in [2.24, 2.45) is 0 Å². The molecule has 0 unspecified atom stereocenters. The summed E-state index contributed by atoms with van der Waals surface area (Å²) in [6.07, 6.45) is 0.0687. The number of esters is 1. The Kier molecular flexibility index (Phi) is 4.67. The minimum atomic E-state index is -0.736. The van der Waals surface area contributed by atoms with Crippen LogP contribution in [0.2, 0.25) is 0 Å². The number of benzene rings is 2. The lowest BCUT2D eigenvalue weighted by molar-refractivity contribution is -0.149. The van der Waals surface area contributed by atoms with Crippen molar-refractivity contribution in [3.8, 4) is 11.4 Å². The van der Waals surface area contributed by atoms with Gasteiger partial charge >= 0.3 is 5.97 Å². The fraction of sp³-hybridized carbons (Fsp3) is 0.150. The molecular weight excluding hydrogens is 362 g/mol. The molecule has 0 aliphatic carbocycles. The number of amides is 2. The predicted octanol–water partition coefficient (Wildman–Crippen LogP) is 2.00. The molecule has 0 fully saturated rings. The van der Waals surface area contributed by atoms with Crippen LogP contribution >= 0.6 is 0 Å².